The average molecular weight is 266 g/mol. The van der Waals surface area contributed by atoms with Crippen molar-refractivity contribution >= 4 is 5.69 Å². The Kier molecular flexibility index (Phi) is 6.45. The van der Waals surface area contributed by atoms with Crippen LogP contribution in [0.25, 0.3) is 0 Å². The van der Waals surface area contributed by atoms with Gasteiger partial charge in [0.1, 0.15) is 0 Å². The molecule has 0 amide bonds. The summed E-state index contributed by atoms with van der Waals surface area (Å²) in [6.07, 6.45) is 2.01. The molecule has 0 aliphatic carbocycles. The third kappa shape index (κ3) is 4.61. The van der Waals surface area contributed by atoms with Crippen molar-refractivity contribution in [2.45, 2.75) is 39.3 Å². The zero-order valence-corrected chi connectivity index (χ0v) is 11.6. The average Bonchev–Trinajstić information content (AvgIpc) is 2.40. The fourth-order valence-electron chi connectivity index (χ4n) is 2.33. The molecule has 1 aromatic rings. The van der Waals surface area contributed by atoms with Gasteiger partial charge in [0, 0.05) is 31.3 Å². The van der Waals surface area contributed by atoms with Gasteiger partial charge in [0.2, 0.25) is 0 Å². The number of nitro groups is 1. The first kappa shape index (κ1) is 15.6. The number of hydrogen-bond acceptors (Lipinski definition) is 4. The summed E-state index contributed by atoms with van der Waals surface area (Å²) in [6, 6.07) is 7.09. The molecular formula is C14H22N2O3. The summed E-state index contributed by atoms with van der Waals surface area (Å²) in [5, 5.41) is 19.9. The van der Waals surface area contributed by atoms with E-state index in [4.69, 9.17) is 5.11 Å². The van der Waals surface area contributed by atoms with Crippen LogP contribution in [0.2, 0.25) is 0 Å². The Morgan fingerprint density at radius 1 is 1.37 bits per heavy atom. The lowest BCUT2D eigenvalue weighted by molar-refractivity contribution is -0.384. The second-order valence-corrected chi connectivity index (χ2v) is 4.59. The van der Waals surface area contributed by atoms with E-state index in [2.05, 4.69) is 18.7 Å². The minimum atomic E-state index is -0.378. The molecule has 1 rings (SSSR count). The van der Waals surface area contributed by atoms with Gasteiger partial charge in [-0.05, 0) is 18.4 Å². The van der Waals surface area contributed by atoms with Gasteiger partial charge < -0.3 is 5.11 Å². The van der Waals surface area contributed by atoms with Gasteiger partial charge in [-0.2, -0.15) is 0 Å². The summed E-state index contributed by atoms with van der Waals surface area (Å²) in [7, 11) is 0. The van der Waals surface area contributed by atoms with Gasteiger partial charge in [-0.3, -0.25) is 15.0 Å². The van der Waals surface area contributed by atoms with E-state index in [1.807, 2.05) is 6.07 Å². The monoisotopic (exact) mass is 266 g/mol. The molecular weight excluding hydrogens is 244 g/mol. The van der Waals surface area contributed by atoms with Crippen LogP contribution in [-0.2, 0) is 6.54 Å². The number of rotatable bonds is 8. The molecule has 1 aromatic carbocycles. The molecule has 0 unspecified atom stereocenters. The fourth-order valence-corrected chi connectivity index (χ4v) is 2.33. The van der Waals surface area contributed by atoms with Crippen molar-refractivity contribution in [3.8, 4) is 0 Å². The van der Waals surface area contributed by atoms with Crippen LogP contribution in [-0.4, -0.2) is 34.1 Å². The Labute approximate surface area is 114 Å². The Bertz CT molecular complexity index is 405. The topological polar surface area (TPSA) is 66.6 Å². The zero-order chi connectivity index (χ0) is 14.3. The van der Waals surface area contributed by atoms with Crippen molar-refractivity contribution in [1.82, 2.24) is 4.90 Å². The molecule has 0 saturated carbocycles. The van der Waals surface area contributed by atoms with Crippen LogP contribution in [0.1, 0.15) is 32.3 Å². The molecule has 0 radical (unpaired) electrons. The molecule has 19 heavy (non-hydrogen) atoms. The largest absolute Gasteiger partial charge is 0.395 e. The summed E-state index contributed by atoms with van der Waals surface area (Å²) in [6.45, 7) is 5.56. The molecule has 0 atom stereocenters. The summed E-state index contributed by atoms with van der Waals surface area (Å²) in [4.78, 5) is 12.6. The summed E-state index contributed by atoms with van der Waals surface area (Å²) in [5.41, 5.74) is 1.03. The van der Waals surface area contributed by atoms with Gasteiger partial charge in [-0.1, -0.05) is 26.0 Å². The third-order valence-corrected chi connectivity index (χ3v) is 3.35. The maximum Gasteiger partial charge on any atom is 0.269 e. The third-order valence-electron chi connectivity index (χ3n) is 3.35. The van der Waals surface area contributed by atoms with Gasteiger partial charge in [0.15, 0.2) is 0 Å². The standard InChI is InChI=1S/C14H22N2O3/c1-3-13(4-2)15(8-9-17)11-12-6-5-7-14(10-12)16(18)19/h5-7,10,13,17H,3-4,8-9,11H2,1-2H3. The first-order valence-electron chi connectivity index (χ1n) is 6.70. The van der Waals surface area contributed by atoms with E-state index in [-0.39, 0.29) is 17.2 Å². The predicted octanol–water partition coefficient (Wildman–Crippen LogP) is 2.58. The molecule has 1 N–H and O–H groups in total. The van der Waals surface area contributed by atoms with Crippen LogP contribution >= 0.6 is 0 Å². The number of benzene rings is 1. The SMILES string of the molecule is CCC(CC)N(CCO)Cc1cccc([N+](=O)[O-])c1. The molecule has 0 aromatic heterocycles. The molecule has 106 valence electrons. The number of nitrogens with zero attached hydrogens (tertiary/aromatic N) is 2. The lowest BCUT2D eigenvalue weighted by Gasteiger charge is -2.29. The van der Waals surface area contributed by atoms with E-state index in [9.17, 15) is 10.1 Å². The van der Waals surface area contributed by atoms with Crippen LogP contribution in [0.4, 0.5) is 5.69 Å². The van der Waals surface area contributed by atoms with E-state index in [1.54, 1.807) is 12.1 Å². The molecule has 0 aliphatic rings. The minimum absolute atomic E-state index is 0.103. The molecule has 0 heterocycles. The Hall–Kier alpha value is -1.46. The van der Waals surface area contributed by atoms with Gasteiger partial charge in [-0.15, -0.1) is 0 Å². The van der Waals surface area contributed by atoms with Crippen molar-refractivity contribution in [2.75, 3.05) is 13.2 Å². The van der Waals surface area contributed by atoms with E-state index in [1.165, 1.54) is 6.07 Å². The smallest absolute Gasteiger partial charge is 0.269 e. The maximum atomic E-state index is 10.8. The maximum absolute atomic E-state index is 10.8. The fraction of sp³-hybridized carbons (Fsp3) is 0.571. The highest BCUT2D eigenvalue weighted by molar-refractivity contribution is 5.34. The lowest BCUT2D eigenvalue weighted by atomic mass is 10.1. The highest BCUT2D eigenvalue weighted by atomic mass is 16.6. The van der Waals surface area contributed by atoms with Crippen molar-refractivity contribution in [2.24, 2.45) is 0 Å². The quantitative estimate of drug-likeness (QED) is 0.580. The van der Waals surface area contributed by atoms with E-state index in [0.29, 0.717) is 19.1 Å². The normalized spacial score (nSPS) is 11.2. The molecule has 0 saturated heterocycles. The van der Waals surface area contributed by atoms with Gasteiger partial charge in [-0.25, -0.2) is 0 Å². The first-order valence-corrected chi connectivity index (χ1v) is 6.70. The van der Waals surface area contributed by atoms with E-state index in [0.717, 1.165) is 18.4 Å². The molecule has 5 nitrogen and oxygen atoms in total. The molecule has 0 spiro atoms. The number of aliphatic hydroxyl groups excluding tert-OH is 1. The lowest BCUT2D eigenvalue weighted by Crippen LogP contribution is -2.36. The van der Waals surface area contributed by atoms with Crippen LogP contribution in [0.15, 0.2) is 24.3 Å². The van der Waals surface area contributed by atoms with Crippen molar-refractivity contribution in [1.29, 1.82) is 0 Å². The van der Waals surface area contributed by atoms with Gasteiger partial charge in [0.25, 0.3) is 5.69 Å². The Morgan fingerprint density at radius 3 is 2.58 bits per heavy atom. The highest BCUT2D eigenvalue weighted by Crippen LogP contribution is 2.17. The van der Waals surface area contributed by atoms with Crippen LogP contribution in [0.3, 0.4) is 0 Å². The van der Waals surface area contributed by atoms with E-state index < -0.39 is 0 Å². The van der Waals surface area contributed by atoms with E-state index >= 15 is 0 Å². The second kappa shape index (κ2) is 7.86. The zero-order valence-electron chi connectivity index (χ0n) is 11.6. The molecule has 5 heteroatoms. The molecule has 0 fully saturated rings. The first-order chi connectivity index (χ1) is 9.12. The minimum Gasteiger partial charge on any atom is -0.395 e. The molecule has 0 bridgehead atoms. The van der Waals surface area contributed by atoms with Gasteiger partial charge >= 0.3 is 0 Å². The van der Waals surface area contributed by atoms with Crippen LogP contribution in [0.5, 0.6) is 0 Å². The number of non-ortho nitro benzene ring substituents is 1. The number of nitro benzene ring substituents is 1. The Balaban J connectivity index is 2.83. The van der Waals surface area contributed by atoms with Crippen molar-refractivity contribution in [3.05, 3.63) is 39.9 Å². The van der Waals surface area contributed by atoms with Gasteiger partial charge in [0.05, 0.1) is 11.5 Å². The van der Waals surface area contributed by atoms with Crippen molar-refractivity contribution < 1.29 is 10.0 Å². The van der Waals surface area contributed by atoms with Crippen LogP contribution in [0, 0.1) is 10.1 Å². The Morgan fingerprint density at radius 2 is 2.05 bits per heavy atom. The second-order valence-electron chi connectivity index (χ2n) is 4.59. The highest BCUT2D eigenvalue weighted by Gasteiger charge is 2.16. The summed E-state index contributed by atoms with van der Waals surface area (Å²) >= 11 is 0. The molecule has 0 aliphatic heterocycles. The summed E-state index contributed by atoms with van der Waals surface area (Å²) < 4.78 is 0. The number of aliphatic hydroxyl groups is 1. The predicted molar refractivity (Wildman–Crippen MR) is 75.0 cm³/mol. The number of hydrogen-bond donors (Lipinski definition) is 1. The van der Waals surface area contributed by atoms with Crippen molar-refractivity contribution in [3.63, 3.8) is 0 Å². The van der Waals surface area contributed by atoms with Crippen LogP contribution < -0.4 is 0 Å². The summed E-state index contributed by atoms with van der Waals surface area (Å²) in [5.74, 6) is 0.